The number of hydrogen-bond donors (Lipinski definition) is 1. The topological polar surface area (TPSA) is 46.0 Å². The molecule has 0 saturated heterocycles. The minimum Gasteiger partial charge on any atom is -0.386 e. The van der Waals surface area contributed by atoms with Gasteiger partial charge in [0, 0.05) is 6.42 Å². The van der Waals surface area contributed by atoms with Gasteiger partial charge < -0.3 is 5.11 Å². The fourth-order valence-electron chi connectivity index (χ4n) is 2.13. The number of para-hydroxylation sites is 2. The van der Waals surface area contributed by atoms with Crippen molar-refractivity contribution < 1.29 is 13.9 Å². The summed E-state index contributed by atoms with van der Waals surface area (Å²) in [6.45, 7) is 0. The molecule has 3 aromatic rings. The molecule has 0 radical (unpaired) electrons. The van der Waals surface area contributed by atoms with E-state index in [1.54, 1.807) is 6.07 Å². The van der Waals surface area contributed by atoms with Crippen LogP contribution in [0.15, 0.2) is 48.7 Å². The van der Waals surface area contributed by atoms with Crippen LogP contribution < -0.4 is 0 Å². The van der Waals surface area contributed by atoms with Gasteiger partial charge in [0.2, 0.25) is 0 Å². The Morgan fingerprint density at radius 3 is 2.52 bits per heavy atom. The molecule has 0 amide bonds. The number of aromatic nitrogens is 2. The summed E-state index contributed by atoms with van der Waals surface area (Å²) in [5, 5.41) is 10.2. The normalized spacial score (nSPS) is 12.5. The molecular weight excluding hydrogens is 274 g/mol. The Balaban J connectivity index is 1.85. The lowest BCUT2D eigenvalue weighted by Crippen LogP contribution is -2.05. The van der Waals surface area contributed by atoms with Crippen LogP contribution in [0, 0.1) is 11.6 Å². The number of hydrogen-bond acceptors (Lipinski definition) is 3. The maximum absolute atomic E-state index is 13.2. The fraction of sp³-hybridized carbons (Fsp3) is 0.125. The highest BCUT2D eigenvalue weighted by atomic mass is 19.2. The quantitative estimate of drug-likeness (QED) is 0.804. The van der Waals surface area contributed by atoms with Gasteiger partial charge in [-0.25, -0.2) is 13.8 Å². The Labute approximate surface area is 119 Å². The smallest absolute Gasteiger partial charge is 0.159 e. The first-order valence-electron chi connectivity index (χ1n) is 6.47. The zero-order valence-electron chi connectivity index (χ0n) is 11.0. The van der Waals surface area contributed by atoms with Crippen LogP contribution in [0.1, 0.15) is 17.4 Å². The molecule has 1 atom stereocenters. The molecule has 1 aromatic heterocycles. The van der Waals surface area contributed by atoms with E-state index in [1.165, 1.54) is 12.3 Å². The van der Waals surface area contributed by atoms with Gasteiger partial charge in [-0.3, -0.25) is 4.98 Å². The summed E-state index contributed by atoms with van der Waals surface area (Å²) in [5.41, 5.74) is 2.32. The van der Waals surface area contributed by atoms with Gasteiger partial charge in [-0.2, -0.15) is 0 Å². The zero-order chi connectivity index (χ0) is 14.8. The molecule has 0 bridgehead atoms. The van der Waals surface area contributed by atoms with Crippen LogP contribution in [0.5, 0.6) is 0 Å². The first-order chi connectivity index (χ1) is 10.1. The van der Waals surface area contributed by atoms with Crippen LogP contribution in [0.25, 0.3) is 11.0 Å². The second kappa shape index (κ2) is 5.54. The number of halogens is 2. The van der Waals surface area contributed by atoms with E-state index in [2.05, 4.69) is 9.97 Å². The maximum Gasteiger partial charge on any atom is 0.159 e. The zero-order valence-corrected chi connectivity index (χ0v) is 11.0. The van der Waals surface area contributed by atoms with E-state index in [4.69, 9.17) is 0 Å². The molecular formula is C16H12F2N2O. The predicted molar refractivity (Wildman–Crippen MR) is 74.6 cm³/mol. The van der Waals surface area contributed by atoms with Gasteiger partial charge in [0.15, 0.2) is 11.6 Å². The summed E-state index contributed by atoms with van der Waals surface area (Å²) in [6, 6.07) is 10.9. The molecule has 1 heterocycles. The summed E-state index contributed by atoms with van der Waals surface area (Å²) in [5.74, 6) is -1.83. The summed E-state index contributed by atoms with van der Waals surface area (Å²) in [4.78, 5) is 8.55. The number of aliphatic hydroxyl groups excluding tert-OH is 1. The Hall–Kier alpha value is -2.40. The Kier molecular flexibility index (Phi) is 3.58. The lowest BCUT2D eigenvalue weighted by Gasteiger charge is -2.10. The van der Waals surface area contributed by atoms with E-state index in [9.17, 15) is 13.9 Å². The highest BCUT2D eigenvalue weighted by molar-refractivity contribution is 5.73. The van der Waals surface area contributed by atoms with Crippen LogP contribution in [-0.2, 0) is 6.42 Å². The number of rotatable bonds is 3. The molecule has 0 fully saturated rings. The first-order valence-corrected chi connectivity index (χ1v) is 6.47. The van der Waals surface area contributed by atoms with Crippen molar-refractivity contribution in [1.82, 2.24) is 9.97 Å². The van der Waals surface area contributed by atoms with Gasteiger partial charge >= 0.3 is 0 Å². The van der Waals surface area contributed by atoms with Crippen LogP contribution in [-0.4, -0.2) is 15.1 Å². The Morgan fingerprint density at radius 1 is 1.00 bits per heavy atom. The summed E-state index contributed by atoms with van der Waals surface area (Å²) >= 11 is 0. The van der Waals surface area contributed by atoms with Crippen LogP contribution in [0.3, 0.4) is 0 Å². The van der Waals surface area contributed by atoms with Gasteiger partial charge in [-0.05, 0) is 29.8 Å². The maximum atomic E-state index is 13.2. The van der Waals surface area contributed by atoms with Crippen molar-refractivity contribution in [3.8, 4) is 0 Å². The number of fused-ring (bicyclic) bond motifs is 1. The van der Waals surface area contributed by atoms with Crippen molar-refractivity contribution in [2.24, 2.45) is 0 Å². The molecule has 21 heavy (non-hydrogen) atoms. The molecule has 3 rings (SSSR count). The third-order valence-electron chi connectivity index (χ3n) is 3.22. The van der Waals surface area contributed by atoms with Gasteiger partial charge in [0.05, 0.1) is 22.9 Å². The molecule has 0 saturated carbocycles. The molecule has 0 aliphatic heterocycles. The second-order valence-electron chi connectivity index (χ2n) is 4.75. The molecule has 1 N–H and O–H groups in total. The predicted octanol–water partition coefficient (Wildman–Crippen LogP) is 3.18. The average Bonchev–Trinajstić information content (AvgIpc) is 2.50. The highest BCUT2D eigenvalue weighted by Gasteiger charge is 2.13. The van der Waals surface area contributed by atoms with Crippen molar-refractivity contribution in [3.63, 3.8) is 0 Å². The Morgan fingerprint density at radius 2 is 1.76 bits per heavy atom. The van der Waals surface area contributed by atoms with Gasteiger partial charge in [-0.15, -0.1) is 0 Å². The SMILES string of the molecule is OC(Cc1ccc(F)c(F)c1)c1cnc2ccccc2n1. The molecule has 5 heteroatoms. The first kappa shape index (κ1) is 13.6. The number of aliphatic hydroxyl groups is 1. The van der Waals surface area contributed by atoms with Crippen LogP contribution in [0.4, 0.5) is 8.78 Å². The fourth-order valence-corrected chi connectivity index (χ4v) is 2.13. The van der Waals surface area contributed by atoms with E-state index >= 15 is 0 Å². The van der Waals surface area contributed by atoms with Gasteiger partial charge in [-0.1, -0.05) is 18.2 Å². The van der Waals surface area contributed by atoms with E-state index in [-0.39, 0.29) is 6.42 Å². The van der Waals surface area contributed by atoms with Crippen LogP contribution in [0.2, 0.25) is 0 Å². The molecule has 0 spiro atoms. The average molecular weight is 286 g/mol. The summed E-state index contributed by atoms with van der Waals surface area (Å²) < 4.78 is 26.0. The van der Waals surface area contributed by atoms with Crippen molar-refractivity contribution in [1.29, 1.82) is 0 Å². The largest absolute Gasteiger partial charge is 0.386 e. The Bertz CT molecular complexity index is 792. The van der Waals surface area contributed by atoms with E-state index in [0.29, 0.717) is 16.8 Å². The molecule has 3 nitrogen and oxygen atoms in total. The summed E-state index contributed by atoms with van der Waals surface area (Å²) in [7, 11) is 0. The monoisotopic (exact) mass is 286 g/mol. The molecule has 2 aromatic carbocycles. The van der Waals surface area contributed by atoms with Crippen molar-refractivity contribution in [2.45, 2.75) is 12.5 Å². The lowest BCUT2D eigenvalue weighted by atomic mass is 10.1. The second-order valence-corrected chi connectivity index (χ2v) is 4.75. The third kappa shape index (κ3) is 2.87. The van der Waals surface area contributed by atoms with Crippen molar-refractivity contribution >= 4 is 11.0 Å². The van der Waals surface area contributed by atoms with Crippen molar-refractivity contribution in [3.05, 3.63) is 71.6 Å². The van der Waals surface area contributed by atoms with E-state index < -0.39 is 17.7 Å². The number of benzene rings is 2. The van der Waals surface area contributed by atoms with E-state index in [1.807, 2.05) is 18.2 Å². The number of nitrogens with zero attached hydrogens (tertiary/aromatic N) is 2. The van der Waals surface area contributed by atoms with Crippen LogP contribution >= 0.6 is 0 Å². The molecule has 0 aliphatic carbocycles. The van der Waals surface area contributed by atoms with Crippen molar-refractivity contribution in [2.75, 3.05) is 0 Å². The third-order valence-corrected chi connectivity index (χ3v) is 3.22. The minimum atomic E-state index is -0.927. The molecule has 0 aliphatic rings. The standard InChI is InChI=1S/C16H12F2N2O/c17-11-6-5-10(7-12(11)18)8-16(21)15-9-19-13-3-1-2-4-14(13)20-15/h1-7,9,16,21H,8H2. The molecule has 106 valence electrons. The summed E-state index contributed by atoms with van der Waals surface area (Å²) in [6.07, 6.45) is 0.712. The minimum absolute atomic E-state index is 0.143. The highest BCUT2D eigenvalue weighted by Crippen LogP contribution is 2.19. The van der Waals surface area contributed by atoms with Gasteiger partial charge in [0.25, 0.3) is 0 Å². The molecule has 1 unspecified atom stereocenters. The van der Waals surface area contributed by atoms with E-state index in [0.717, 1.165) is 17.6 Å². The lowest BCUT2D eigenvalue weighted by molar-refractivity contribution is 0.173. The van der Waals surface area contributed by atoms with Gasteiger partial charge in [0.1, 0.15) is 6.10 Å².